The third-order valence-corrected chi connectivity index (χ3v) is 5.95. The molecule has 4 aromatic rings. The number of ether oxygens (including phenoxy) is 2. The third kappa shape index (κ3) is 7.16. The maximum atomic E-state index is 13.1. The van der Waals surface area contributed by atoms with Crippen molar-refractivity contribution in [3.8, 4) is 33.8 Å². The highest BCUT2D eigenvalue weighted by Gasteiger charge is 2.31. The zero-order valence-corrected chi connectivity index (χ0v) is 20.7. The predicted octanol–water partition coefficient (Wildman–Crippen LogP) is 6.14. The standard InChI is InChI=1S/C30H24F3NO5/c1-38-29(37)26(17-19-7-9-21(10-8-19)20-5-3-2-4-6-20)34-28(36)25-18-23(13-16-27(25)35)22-11-14-24(15-12-22)39-30(31,32)33/h2-16,18,26,35H,17H2,1H3,(H,34,36). The first-order valence-electron chi connectivity index (χ1n) is 11.9. The molecule has 4 rings (SSSR count). The van der Waals surface area contributed by atoms with Crippen LogP contribution in [0.25, 0.3) is 22.3 Å². The van der Waals surface area contributed by atoms with E-state index in [4.69, 9.17) is 4.74 Å². The minimum atomic E-state index is -4.81. The van der Waals surface area contributed by atoms with Gasteiger partial charge < -0.3 is 19.9 Å². The van der Waals surface area contributed by atoms with Crippen molar-refractivity contribution in [2.75, 3.05) is 7.11 Å². The van der Waals surface area contributed by atoms with Crippen LogP contribution < -0.4 is 10.1 Å². The van der Waals surface area contributed by atoms with E-state index in [1.165, 1.54) is 37.4 Å². The number of hydrogen-bond donors (Lipinski definition) is 2. The van der Waals surface area contributed by atoms with E-state index in [0.717, 1.165) is 28.8 Å². The number of halogens is 3. The molecule has 0 saturated carbocycles. The van der Waals surface area contributed by atoms with Crippen molar-refractivity contribution in [2.45, 2.75) is 18.8 Å². The summed E-state index contributed by atoms with van der Waals surface area (Å²) in [5.74, 6) is -2.10. The number of esters is 1. The molecule has 2 N–H and O–H groups in total. The molecule has 1 unspecified atom stereocenters. The molecule has 200 valence electrons. The number of nitrogens with one attached hydrogen (secondary N) is 1. The van der Waals surface area contributed by atoms with E-state index in [-0.39, 0.29) is 23.5 Å². The average molecular weight is 536 g/mol. The molecule has 1 atom stereocenters. The van der Waals surface area contributed by atoms with Crippen molar-refractivity contribution < 1.29 is 37.3 Å². The first kappa shape index (κ1) is 27.3. The number of carbonyl (C=O) groups excluding carboxylic acids is 2. The van der Waals surface area contributed by atoms with Crippen LogP contribution in [0.15, 0.2) is 97.1 Å². The lowest BCUT2D eigenvalue weighted by molar-refractivity contribution is -0.274. The lowest BCUT2D eigenvalue weighted by Gasteiger charge is -2.18. The Morgan fingerprint density at radius 3 is 2.00 bits per heavy atom. The Balaban J connectivity index is 1.51. The summed E-state index contributed by atoms with van der Waals surface area (Å²) in [4.78, 5) is 25.6. The van der Waals surface area contributed by atoms with Gasteiger partial charge in [-0.25, -0.2) is 4.79 Å². The summed E-state index contributed by atoms with van der Waals surface area (Å²) < 4.78 is 46.1. The molecule has 0 aliphatic rings. The van der Waals surface area contributed by atoms with Gasteiger partial charge in [-0.3, -0.25) is 4.79 Å². The molecule has 0 saturated heterocycles. The quantitative estimate of drug-likeness (QED) is 0.265. The molecule has 0 fully saturated rings. The highest BCUT2D eigenvalue weighted by Crippen LogP contribution is 2.29. The third-order valence-electron chi connectivity index (χ3n) is 5.95. The van der Waals surface area contributed by atoms with Gasteiger partial charge in [0.1, 0.15) is 17.5 Å². The average Bonchev–Trinajstić information content (AvgIpc) is 2.93. The van der Waals surface area contributed by atoms with Crippen LogP contribution in [0.2, 0.25) is 0 Å². The molecule has 4 aromatic carbocycles. The number of phenolic OH excluding ortho intramolecular Hbond substituents is 1. The van der Waals surface area contributed by atoms with Gasteiger partial charge in [-0.05, 0) is 52.1 Å². The number of alkyl halides is 3. The van der Waals surface area contributed by atoms with E-state index in [9.17, 15) is 27.9 Å². The van der Waals surface area contributed by atoms with Crippen LogP contribution in [0.3, 0.4) is 0 Å². The van der Waals surface area contributed by atoms with Crippen LogP contribution in [-0.4, -0.2) is 36.5 Å². The van der Waals surface area contributed by atoms with Crippen LogP contribution in [0.1, 0.15) is 15.9 Å². The van der Waals surface area contributed by atoms with E-state index >= 15 is 0 Å². The lowest BCUT2D eigenvalue weighted by atomic mass is 9.99. The first-order valence-corrected chi connectivity index (χ1v) is 11.9. The molecule has 6 nitrogen and oxygen atoms in total. The van der Waals surface area contributed by atoms with E-state index < -0.39 is 24.3 Å². The van der Waals surface area contributed by atoms with E-state index in [0.29, 0.717) is 11.1 Å². The summed E-state index contributed by atoms with van der Waals surface area (Å²) in [6.07, 6.45) is -4.67. The second kappa shape index (κ2) is 11.7. The van der Waals surface area contributed by atoms with Crippen molar-refractivity contribution in [3.05, 3.63) is 108 Å². The Morgan fingerprint density at radius 1 is 0.821 bits per heavy atom. The van der Waals surface area contributed by atoms with Gasteiger partial charge in [0.15, 0.2) is 0 Å². The normalized spacial score (nSPS) is 11.9. The van der Waals surface area contributed by atoms with Crippen molar-refractivity contribution in [3.63, 3.8) is 0 Å². The second-order valence-electron chi connectivity index (χ2n) is 8.62. The minimum Gasteiger partial charge on any atom is -0.507 e. The lowest BCUT2D eigenvalue weighted by Crippen LogP contribution is -2.43. The number of carbonyl (C=O) groups is 2. The molecule has 0 heterocycles. The summed E-state index contributed by atoms with van der Waals surface area (Å²) >= 11 is 0. The Hall–Kier alpha value is -4.79. The molecule has 9 heteroatoms. The van der Waals surface area contributed by atoms with Gasteiger partial charge >= 0.3 is 12.3 Å². The highest BCUT2D eigenvalue weighted by molar-refractivity contribution is 6.00. The van der Waals surface area contributed by atoms with Gasteiger partial charge in [-0.15, -0.1) is 13.2 Å². The molecule has 0 spiro atoms. The van der Waals surface area contributed by atoms with Crippen molar-refractivity contribution >= 4 is 11.9 Å². The fourth-order valence-corrected chi connectivity index (χ4v) is 4.02. The molecule has 0 aliphatic heterocycles. The van der Waals surface area contributed by atoms with Crippen LogP contribution in [-0.2, 0) is 16.0 Å². The molecule has 0 bridgehead atoms. The Kier molecular flexibility index (Phi) is 8.19. The Morgan fingerprint density at radius 2 is 1.38 bits per heavy atom. The molecule has 0 aromatic heterocycles. The second-order valence-corrected chi connectivity index (χ2v) is 8.62. The first-order chi connectivity index (χ1) is 18.6. The number of hydrogen-bond acceptors (Lipinski definition) is 5. The summed E-state index contributed by atoms with van der Waals surface area (Å²) in [6.45, 7) is 0. The van der Waals surface area contributed by atoms with Gasteiger partial charge in [0.25, 0.3) is 5.91 Å². The zero-order chi connectivity index (χ0) is 28.0. The van der Waals surface area contributed by atoms with Crippen LogP contribution in [0.5, 0.6) is 11.5 Å². The largest absolute Gasteiger partial charge is 0.573 e. The zero-order valence-electron chi connectivity index (χ0n) is 20.7. The van der Waals surface area contributed by atoms with Gasteiger partial charge in [0, 0.05) is 6.42 Å². The maximum absolute atomic E-state index is 13.1. The molecular weight excluding hydrogens is 511 g/mol. The van der Waals surface area contributed by atoms with Gasteiger partial charge in [-0.1, -0.05) is 72.8 Å². The number of phenols is 1. The SMILES string of the molecule is COC(=O)C(Cc1ccc(-c2ccccc2)cc1)NC(=O)c1cc(-c2ccc(OC(F)(F)F)cc2)ccc1O. The topological polar surface area (TPSA) is 84.9 Å². The fourth-order valence-electron chi connectivity index (χ4n) is 4.02. The molecule has 0 aliphatic carbocycles. The van der Waals surface area contributed by atoms with Gasteiger partial charge in [0.2, 0.25) is 0 Å². The number of benzene rings is 4. The molecule has 1 amide bonds. The smallest absolute Gasteiger partial charge is 0.507 e. The fraction of sp³-hybridized carbons (Fsp3) is 0.133. The summed E-state index contributed by atoms with van der Waals surface area (Å²) in [7, 11) is 1.21. The van der Waals surface area contributed by atoms with E-state index in [1.54, 1.807) is 0 Å². The number of methoxy groups -OCH3 is 1. The molecular formula is C30H24F3NO5. The van der Waals surface area contributed by atoms with Crippen molar-refractivity contribution in [2.24, 2.45) is 0 Å². The summed E-state index contributed by atoms with van der Waals surface area (Å²) in [6, 6.07) is 25.5. The van der Waals surface area contributed by atoms with Crippen LogP contribution >= 0.6 is 0 Å². The van der Waals surface area contributed by atoms with E-state index in [2.05, 4.69) is 10.1 Å². The molecule has 0 radical (unpaired) electrons. The number of amides is 1. The summed E-state index contributed by atoms with van der Waals surface area (Å²) in [5, 5.41) is 13.0. The van der Waals surface area contributed by atoms with Crippen molar-refractivity contribution in [1.29, 1.82) is 0 Å². The van der Waals surface area contributed by atoms with Gasteiger partial charge in [0.05, 0.1) is 12.7 Å². The van der Waals surface area contributed by atoms with Crippen molar-refractivity contribution in [1.82, 2.24) is 5.32 Å². The molecule has 39 heavy (non-hydrogen) atoms. The van der Waals surface area contributed by atoms with Crippen LogP contribution in [0, 0.1) is 0 Å². The van der Waals surface area contributed by atoms with Gasteiger partial charge in [-0.2, -0.15) is 0 Å². The highest BCUT2D eigenvalue weighted by atomic mass is 19.4. The Labute approximate surface area is 222 Å². The van der Waals surface area contributed by atoms with E-state index in [1.807, 2.05) is 54.6 Å². The predicted molar refractivity (Wildman–Crippen MR) is 139 cm³/mol. The minimum absolute atomic E-state index is 0.114. The number of aromatic hydroxyl groups is 1. The summed E-state index contributed by atoms with van der Waals surface area (Å²) in [5.41, 5.74) is 3.66. The Bertz CT molecular complexity index is 1440. The maximum Gasteiger partial charge on any atom is 0.573 e. The monoisotopic (exact) mass is 535 g/mol. The number of rotatable bonds is 8. The van der Waals surface area contributed by atoms with Crippen LogP contribution in [0.4, 0.5) is 13.2 Å².